The molecule has 0 fully saturated rings. The normalized spacial score (nSPS) is 12.3. The average Bonchev–Trinajstić information content (AvgIpc) is 2.70. The van der Waals surface area contributed by atoms with Gasteiger partial charge in [0.1, 0.15) is 5.75 Å². The summed E-state index contributed by atoms with van der Waals surface area (Å²) >= 11 is 5.84. The van der Waals surface area contributed by atoms with Crippen LogP contribution in [0.1, 0.15) is 18.0 Å². The van der Waals surface area contributed by atoms with Gasteiger partial charge in [0.15, 0.2) is 0 Å². The molecule has 29 heavy (non-hydrogen) atoms. The molecule has 0 bridgehead atoms. The van der Waals surface area contributed by atoms with E-state index in [4.69, 9.17) is 11.6 Å². The zero-order chi connectivity index (χ0) is 20.9. The van der Waals surface area contributed by atoms with Gasteiger partial charge < -0.3 is 10.4 Å². The predicted molar refractivity (Wildman–Crippen MR) is 112 cm³/mol. The minimum atomic E-state index is -3.87. The van der Waals surface area contributed by atoms with Gasteiger partial charge in [-0.05, 0) is 54.1 Å². The number of anilines is 1. The summed E-state index contributed by atoms with van der Waals surface area (Å²) in [5, 5.41) is 12.5. The number of phenols is 1. The molecule has 3 rings (SSSR count). The molecule has 1 atom stereocenters. The maximum Gasteiger partial charge on any atom is 0.241 e. The Morgan fingerprint density at radius 3 is 2.17 bits per heavy atom. The van der Waals surface area contributed by atoms with Crippen molar-refractivity contribution < 1.29 is 18.3 Å². The monoisotopic (exact) mass is 430 g/mol. The lowest BCUT2D eigenvalue weighted by Crippen LogP contribution is -2.31. The molecule has 3 aromatic rings. The predicted octanol–water partition coefficient (Wildman–Crippen LogP) is 4.09. The molecule has 0 aromatic heterocycles. The average molecular weight is 431 g/mol. The number of phenolic OH excluding ortho intramolecular Hbond substituents is 1. The summed E-state index contributed by atoms with van der Waals surface area (Å²) in [7, 11) is -3.87. The number of carbonyl (C=O) groups excluding carboxylic acids is 1. The zero-order valence-corrected chi connectivity index (χ0v) is 16.8. The highest BCUT2D eigenvalue weighted by atomic mass is 35.5. The number of carbonyl (C=O) groups is 1. The van der Waals surface area contributed by atoms with Crippen molar-refractivity contribution in [2.75, 3.05) is 5.32 Å². The van der Waals surface area contributed by atoms with Crippen molar-refractivity contribution in [3.05, 3.63) is 89.4 Å². The third-order valence-electron chi connectivity index (χ3n) is 4.16. The lowest BCUT2D eigenvalue weighted by atomic mass is 10.0. The van der Waals surface area contributed by atoms with E-state index in [0.29, 0.717) is 16.3 Å². The van der Waals surface area contributed by atoms with Gasteiger partial charge in [-0.2, -0.15) is 0 Å². The van der Waals surface area contributed by atoms with Gasteiger partial charge in [-0.3, -0.25) is 4.79 Å². The quantitative estimate of drug-likeness (QED) is 0.492. The van der Waals surface area contributed by atoms with Gasteiger partial charge in [-0.25, -0.2) is 13.1 Å². The van der Waals surface area contributed by atoms with Crippen LogP contribution in [0.2, 0.25) is 5.02 Å². The molecule has 3 aromatic carbocycles. The van der Waals surface area contributed by atoms with E-state index in [2.05, 4.69) is 10.0 Å². The summed E-state index contributed by atoms with van der Waals surface area (Å²) in [6.07, 6.45) is -0.113. The second-order valence-corrected chi connectivity index (χ2v) is 8.49. The fraction of sp³-hybridized carbons (Fsp3) is 0.0952. The highest BCUT2D eigenvalue weighted by Crippen LogP contribution is 2.22. The van der Waals surface area contributed by atoms with Gasteiger partial charge in [-0.15, -0.1) is 0 Å². The van der Waals surface area contributed by atoms with Crippen molar-refractivity contribution in [1.82, 2.24) is 4.72 Å². The zero-order valence-electron chi connectivity index (χ0n) is 15.2. The molecule has 1 unspecified atom stereocenters. The number of amides is 1. The molecule has 6 nitrogen and oxygen atoms in total. The van der Waals surface area contributed by atoms with E-state index in [0.717, 1.165) is 0 Å². The molecule has 0 aliphatic rings. The number of sulfonamides is 1. The largest absolute Gasteiger partial charge is 0.508 e. The Kier molecular flexibility index (Phi) is 6.53. The number of rotatable bonds is 7. The summed E-state index contributed by atoms with van der Waals surface area (Å²) in [6.45, 7) is 0. The van der Waals surface area contributed by atoms with Crippen molar-refractivity contribution in [3.63, 3.8) is 0 Å². The number of aromatic hydroxyl groups is 1. The van der Waals surface area contributed by atoms with Crippen LogP contribution in [0.4, 0.5) is 5.69 Å². The Morgan fingerprint density at radius 1 is 0.931 bits per heavy atom. The fourth-order valence-electron chi connectivity index (χ4n) is 2.72. The van der Waals surface area contributed by atoms with E-state index in [9.17, 15) is 18.3 Å². The maximum atomic E-state index is 12.8. The van der Waals surface area contributed by atoms with Crippen LogP contribution >= 0.6 is 11.6 Å². The molecule has 8 heteroatoms. The number of nitrogens with one attached hydrogen (secondary N) is 2. The van der Waals surface area contributed by atoms with Crippen molar-refractivity contribution in [2.24, 2.45) is 0 Å². The molecular weight excluding hydrogens is 412 g/mol. The smallest absolute Gasteiger partial charge is 0.241 e. The summed E-state index contributed by atoms with van der Waals surface area (Å²) < 4.78 is 28.2. The summed E-state index contributed by atoms with van der Waals surface area (Å²) in [6, 6.07) is 19.9. The van der Waals surface area contributed by atoms with Gasteiger partial charge in [0.05, 0.1) is 10.9 Å². The lowest BCUT2D eigenvalue weighted by Gasteiger charge is -2.19. The van der Waals surface area contributed by atoms with Crippen LogP contribution in [0.15, 0.2) is 83.8 Å². The van der Waals surface area contributed by atoms with Crippen LogP contribution in [0.3, 0.4) is 0 Å². The Morgan fingerprint density at radius 2 is 1.55 bits per heavy atom. The van der Waals surface area contributed by atoms with Crippen LogP contribution in [0, 0.1) is 0 Å². The van der Waals surface area contributed by atoms with Gasteiger partial charge >= 0.3 is 0 Å². The molecule has 1 amide bonds. The Balaban J connectivity index is 1.80. The summed E-state index contributed by atoms with van der Waals surface area (Å²) in [5.74, 6) is -0.288. The SMILES string of the molecule is O=C(CC(NS(=O)(=O)c1ccc(Cl)cc1)c1ccccc1)Nc1ccc(O)cc1. The second-order valence-electron chi connectivity index (χ2n) is 6.34. The molecule has 0 saturated carbocycles. The number of benzene rings is 3. The first kappa shape index (κ1) is 20.9. The molecule has 0 heterocycles. The van der Waals surface area contributed by atoms with Gasteiger partial charge in [0.2, 0.25) is 15.9 Å². The molecule has 0 aliphatic carbocycles. The highest BCUT2D eigenvalue weighted by molar-refractivity contribution is 7.89. The molecule has 0 aliphatic heterocycles. The molecule has 0 radical (unpaired) electrons. The topological polar surface area (TPSA) is 95.5 Å². The Hall–Kier alpha value is -2.87. The molecule has 3 N–H and O–H groups in total. The van der Waals surface area contributed by atoms with Crippen LogP contribution in [0.25, 0.3) is 0 Å². The third-order valence-corrected chi connectivity index (χ3v) is 5.90. The van der Waals surface area contributed by atoms with Crippen LogP contribution < -0.4 is 10.0 Å². The maximum absolute atomic E-state index is 12.8. The van der Waals surface area contributed by atoms with Crippen molar-refractivity contribution in [3.8, 4) is 5.75 Å². The van der Waals surface area contributed by atoms with Crippen LogP contribution in [0.5, 0.6) is 5.75 Å². The van der Waals surface area contributed by atoms with Crippen molar-refractivity contribution >= 4 is 33.2 Å². The van der Waals surface area contributed by atoms with Crippen LogP contribution in [-0.2, 0) is 14.8 Å². The van der Waals surface area contributed by atoms with E-state index in [1.165, 1.54) is 36.4 Å². The second kappa shape index (κ2) is 9.09. The van der Waals surface area contributed by atoms with Gasteiger partial charge in [-0.1, -0.05) is 41.9 Å². The minimum absolute atomic E-state index is 0.0572. The van der Waals surface area contributed by atoms with Gasteiger partial charge in [0.25, 0.3) is 0 Å². The first-order chi connectivity index (χ1) is 13.8. The lowest BCUT2D eigenvalue weighted by molar-refractivity contribution is -0.116. The first-order valence-electron chi connectivity index (χ1n) is 8.75. The summed E-state index contributed by atoms with van der Waals surface area (Å²) in [4.78, 5) is 12.6. The fourth-order valence-corrected chi connectivity index (χ4v) is 4.07. The standard InChI is InChI=1S/C21H19ClN2O4S/c22-16-6-12-19(13-7-16)29(27,28)24-20(15-4-2-1-3-5-15)14-21(26)23-17-8-10-18(25)11-9-17/h1-13,20,24-25H,14H2,(H,23,26). The Bertz CT molecular complexity index is 1070. The third kappa shape index (κ3) is 5.80. The Labute approximate surface area is 174 Å². The van der Waals surface area contributed by atoms with E-state index >= 15 is 0 Å². The van der Waals surface area contributed by atoms with Crippen LogP contribution in [-0.4, -0.2) is 19.4 Å². The van der Waals surface area contributed by atoms with Crippen molar-refractivity contribution in [1.29, 1.82) is 0 Å². The molecule has 0 spiro atoms. The van der Waals surface area contributed by atoms with Gasteiger partial charge in [0, 0.05) is 17.1 Å². The van der Waals surface area contributed by atoms with E-state index in [1.807, 2.05) is 6.07 Å². The number of halogens is 1. The van der Waals surface area contributed by atoms with E-state index < -0.39 is 16.1 Å². The van der Waals surface area contributed by atoms with E-state index in [-0.39, 0.29) is 23.0 Å². The molecule has 150 valence electrons. The first-order valence-corrected chi connectivity index (χ1v) is 10.6. The number of hydrogen-bond acceptors (Lipinski definition) is 4. The summed E-state index contributed by atoms with van der Waals surface area (Å²) in [5.41, 5.74) is 1.16. The number of hydrogen-bond donors (Lipinski definition) is 3. The minimum Gasteiger partial charge on any atom is -0.508 e. The van der Waals surface area contributed by atoms with E-state index in [1.54, 1.807) is 36.4 Å². The highest BCUT2D eigenvalue weighted by Gasteiger charge is 2.24. The molecule has 0 saturated heterocycles. The molecular formula is C21H19ClN2O4S. The van der Waals surface area contributed by atoms with Crippen molar-refractivity contribution in [2.45, 2.75) is 17.4 Å².